The van der Waals surface area contributed by atoms with Crippen molar-refractivity contribution in [2.75, 3.05) is 20.1 Å². The van der Waals surface area contributed by atoms with Crippen LogP contribution in [-0.4, -0.2) is 30.6 Å². The normalized spacial score (nSPS) is 15.0. The maximum absolute atomic E-state index is 5.53. The topological polar surface area (TPSA) is 29.3 Å². The van der Waals surface area contributed by atoms with Gasteiger partial charge in [0.1, 0.15) is 0 Å². The molecule has 0 rings (SSSR count). The van der Waals surface area contributed by atoms with Crippen LogP contribution < -0.4 is 5.73 Å². The van der Waals surface area contributed by atoms with Gasteiger partial charge in [0.15, 0.2) is 0 Å². The molecule has 0 heterocycles. The number of nitrogens with zero attached hydrogens (tertiary/aromatic N) is 1. The van der Waals surface area contributed by atoms with E-state index >= 15 is 0 Å². The van der Waals surface area contributed by atoms with Gasteiger partial charge in [-0.3, -0.25) is 0 Å². The fourth-order valence-corrected chi connectivity index (χ4v) is 1.36. The molecule has 0 bridgehead atoms. The lowest BCUT2D eigenvalue weighted by Crippen LogP contribution is -2.42. The van der Waals surface area contributed by atoms with Gasteiger partial charge < -0.3 is 10.6 Å². The molecule has 1 unspecified atom stereocenters. The lowest BCUT2D eigenvalue weighted by molar-refractivity contribution is 0.129. The molecule has 2 N–H and O–H groups in total. The van der Waals surface area contributed by atoms with Gasteiger partial charge in [-0.2, -0.15) is 0 Å². The molecule has 0 fully saturated rings. The third-order valence-electron chi connectivity index (χ3n) is 3.14. The van der Waals surface area contributed by atoms with Crippen LogP contribution in [0.25, 0.3) is 0 Å². The van der Waals surface area contributed by atoms with E-state index < -0.39 is 0 Å². The molecule has 0 aromatic carbocycles. The smallest absolute Gasteiger partial charge is 0.0147 e. The van der Waals surface area contributed by atoms with Gasteiger partial charge >= 0.3 is 0 Å². The predicted molar refractivity (Wildman–Crippen MR) is 59.8 cm³/mol. The van der Waals surface area contributed by atoms with Crippen molar-refractivity contribution >= 4 is 0 Å². The fourth-order valence-electron chi connectivity index (χ4n) is 1.36. The highest BCUT2D eigenvalue weighted by molar-refractivity contribution is 4.78. The third kappa shape index (κ3) is 4.63. The van der Waals surface area contributed by atoms with Gasteiger partial charge in [0.2, 0.25) is 0 Å². The Labute approximate surface area is 83.5 Å². The number of hydrogen-bond donors (Lipinski definition) is 1. The summed E-state index contributed by atoms with van der Waals surface area (Å²) in [5.41, 5.74) is 5.85. The molecule has 0 aromatic rings. The SMILES string of the molecule is CCC(C)(C)N(C)CC(C)CCN. The van der Waals surface area contributed by atoms with E-state index in [1.165, 1.54) is 6.42 Å². The molecule has 2 heteroatoms. The van der Waals surface area contributed by atoms with Crippen LogP contribution in [0.15, 0.2) is 0 Å². The fraction of sp³-hybridized carbons (Fsp3) is 1.00. The second kappa shape index (κ2) is 5.61. The van der Waals surface area contributed by atoms with Crippen LogP contribution in [0.4, 0.5) is 0 Å². The van der Waals surface area contributed by atoms with Crippen molar-refractivity contribution in [2.24, 2.45) is 11.7 Å². The average Bonchev–Trinajstić information content (AvgIpc) is 2.04. The predicted octanol–water partition coefficient (Wildman–Crippen LogP) is 2.09. The Morgan fingerprint density at radius 1 is 1.38 bits per heavy atom. The summed E-state index contributed by atoms with van der Waals surface area (Å²) >= 11 is 0. The highest BCUT2D eigenvalue weighted by atomic mass is 15.2. The molecule has 0 aliphatic heterocycles. The Balaban J connectivity index is 3.91. The van der Waals surface area contributed by atoms with E-state index in [2.05, 4.69) is 39.6 Å². The number of hydrogen-bond acceptors (Lipinski definition) is 2. The van der Waals surface area contributed by atoms with E-state index in [1.807, 2.05) is 0 Å². The Morgan fingerprint density at radius 2 is 1.92 bits per heavy atom. The van der Waals surface area contributed by atoms with Crippen molar-refractivity contribution in [3.05, 3.63) is 0 Å². The molecule has 0 radical (unpaired) electrons. The van der Waals surface area contributed by atoms with Crippen LogP contribution in [0.1, 0.15) is 40.5 Å². The van der Waals surface area contributed by atoms with Crippen LogP contribution >= 0.6 is 0 Å². The van der Waals surface area contributed by atoms with Gasteiger partial charge in [-0.05, 0) is 46.2 Å². The molecule has 1 atom stereocenters. The summed E-state index contributed by atoms with van der Waals surface area (Å²) in [6.45, 7) is 11.1. The first-order valence-corrected chi connectivity index (χ1v) is 5.35. The largest absolute Gasteiger partial charge is 0.330 e. The van der Waals surface area contributed by atoms with E-state index in [0.717, 1.165) is 19.5 Å². The van der Waals surface area contributed by atoms with E-state index in [9.17, 15) is 0 Å². The first-order chi connectivity index (χ1) is 5.94. The zero-order chi connectivity index (χ0) is 10.5. The Morgan fingerprint density at radius 3 is 2.31 bits per heavy atom. The summed E-state index contributed by atoms with van der Waals surface area (Å²) in [4.78, 5) is 2.44. The minimum atomic E-state index is 0.322. The first kappa shape index (κ1) is 12.9. The lowest BCUT2D eigenvalue weighted by atomic mass is 9.97. The average molecular weight is 186 g/mol. The van der Waals surface area contributed by atoms with Gasteiger partial charge in [0.25, 0.3) is 0 Å². The number of rotatable bonds is 6. The minimum Gasteiger partial charge on any atom is -0.330 e. The van der Waals surface area contributed by atoms with Gasteiger partial charge in [-0.25, -0.2) is 0 Å². The second-order valence-electron chi connectivity index (χ2n) is 4.73. The standard InChI is InChI=1S/C11H26N2/c1-6-11(3,4)13(5)9-10(2)7-8-12/h10H,6-9,12H2,1-5H3. The summed E-state index contributed by atoms with van der Waals surface area (Å²) in [7, 11) is 2.20. The maximum atomic E-state index is 5.53. The molecule has 0 amide bonds. The van der Waals surface area contributed by atoms with Crippen molar-refractivity contribution in [2.45, 2.75) is 46.1 Å². The highest BCUT2D eigenvalue weighted by Gasteiger charge is 2.21. The molecule has 2 nitrogen and oxygen atoms in total. The molecule has 0 aliphatic carbocycles. The Kier molecular flexibility index (Phi) is 5.57. The van der Waals surface area contributed by atoms with Crippen molar-refractivity contribution in [3.63, 3.8) is 0 Å². The molecule has 80 valence electrons. The second-order valence-corrected chi connectivity index (χ2v) is 4.73. The lowest BCUT2D eigenvalue weighted by Gasteiger charge is -2.36. The molecule has 0 saturated heterocycles. The van der Waals surface area contributed by atoms with Crippen molar-refractivity contribution in [3.8, 4) is 0 Å². The number of nitrogens with two attached hydrogens (primary N) is 1. The van der Waals surface area contributed by atoms with Crippen LogP contribution in [0.2, 0.25) is 0 Å². The van der Waals surface area contributed by atoms with Crippen LogP contribution in [-0.2, 0) is 0 Å². The monoisotopic (exact) mass is 186 g/mol. The van der Waals surface area contributed by atoms with Crippen molar-refractivity contribution in [1.82, 2.24) is 4.90 Å². The Hall–Kier alpha value is -0.0800. The maximum Gasteiger partial charge on any atom is 0.0147 e. The zero-order valence-corrected chi connectivity index (χ0v) is 9.93. The molecule has 13 heavy (non-hydrogen) atoms. The van der Waals surface area contributed by atoms with Crippen molar-refractivity contribution < 1.29 is 0 Å². The van der Waals surface area contributed by atoms with Gasteiger partial charge in [-0.15, -0.1) is 0 Å². The summed E-state index contributed by atoms with van der Waals surface area (Å²) in [5, 5.41) is 0. The Bertz CT molecular complexity index is 132. The summed E-state index contributed by atoms with van der Waals surface area (Å²) in [5.74, 6) is 0.709. The van der Waals surface area contributed by atoms with Gasteiger partial charge in [-0.1, -0.05) is 13.8 Å². The van der Waals surface area contributed by atoms with E-state index in [-0.39, 0.29) is 0 Å². The van der Waals surface area contributed by atoms with Gasteiger partial charge in [0, 0.05) is 12.1 Å². The van der Waals surface area contributed by atoms with Crippen LogP contribution in [0.5, 0.6) is 0 Å². The molecule has 0 aliphatic rings. The van der Waals surface area contributed by atoms with Gasteiger partial charge in [0.05, 0.1) is 0 Å². The minimum absolute atomic E-state index is 0.322. The quantitative estimate of drug-likeness (QED) is 0.688. The molecule has 0 spiro atoms. The highest BCUT2D eigenvalue weighted by Crippen LogP contribution is 2.18. The molecular formula is C11H26N2. The molecule has 0 saturated carbocycles. The van der Waals surface area contributed by atoms with E-state index in [4.69, 9.17) is 5.73 Å². The summed E-state index contributed by atoms with van der Waals surface area (Å²) < 4.78 is 0. The molecule has 0 aromatic heterocycles. The summed E-state index contributed by atoms with van der Waals surface area (Å²) in [6.07, 6.45) is 2.32. The summed E-state index contributed by atoms with van der Waals surface area (Å²) in [6, 6.07) is 0. The first-order valence-electron chi connectivity index (χ1n) is 5.35. The van der Waals surface area contributed by atoms with E-state index in [1.54, 1.807) is 0 Å². The van der Waals surface area contributed by atoms with Crippen molar-refractivity contribution in [1.29, 1.82) is 0 Å². The molecular weight excluding hydrogens is 160 g/mol. The van der Waals surface area contributed by atoms with E-state index in [0.29, 0.717) is 11.5 Å². The van der Waals surface area contributed by atoms with Crippen LogP contribution in [0.3, 0.4) is 0 Å². The van der Waals surface area contributed by atoms with Crippen LogP contribution in [0, 0.1) is 5.92 Å². The third-order valence-corrected chi connectivity index (χ3v) is 3.14. The zero-order valence-electron chi connectivity index (χ0n) is 9.93.